The summed E-state index contributed by atoms with van der Waals surface area (Å²) in [7, 11) is 0. The highest BCUT2D eigenvalue weighted by atomic mass is 35.5. The predicted octanol–water partition coefficient (Wildman–Crippen LogP) is 3.85. The molecule has 1 saturated carbocycles. The fourth-order valence-corrected chi connectivity index (χ4v) is 6.99. The molecule has 3 heterocycles. The summed E-state index contributed by atoms with van der Waals surface area (Å²) in [5.74, 6) is 0.563. The lowest BCUT2D eigenvalue weighted by molar-refractivity contribution is -0.140. The van der Waals surface area contributed by atoms with Crippen LogP contribution in [0.4, 0.5) is 0 Å². The molecule has 0 bridgehead atoms. The molecular formula is C29H41ClN6O2. The highest BCUT2D eigenvalue weighted by molar-refractivity contribution is 6.30. The molecule has 8 nitrogen and oxygen atoms in total. The minimum absolute atomic E-state index is 0.0232. The van der Waals surface area contributed by atoms with Crippen LogP contribution < -0.4 is 10.6 Å². The largest absolute Gasteiger partial charge is 0.344 e. The zero-order chi connectivity index (χ0) is 26.4. The first kappa shape index (κ1) is 27.1. The zero-order valence-electron chi connectivity index (χ0n) is 22.3. The van der Waals surface area contributed by atoms with E-state index in [0.717, 1.165) is 44.3 Å². The number of benzene rings is 1. The summed E-state index contributed by atoms with van der Waals surface area (Å²) in [5.41, 5.74) is 1.13. The van der Waals surface area contributed by atoms with Gasteiger partial charge < -0.3 is 15.5 Å². The van der Waals surface area contributed by atoms with Gasteiger partial charge in [0.05, 0.1) is 5.92 Å². The molecule has 206 valence electrons. The van der Waals surface area contributed by atoms with Crippen LogP contribution in [-0.2, 0) is 22.6 Å². The van der Waals surface area contributed by atoms with Crippen molar-refractivity contribution in [1.29, 1.82) is 0 Å². The average molecular weight is 541 g/mol. The second-order valence-electron chi connectivity index (χ2n) is 11.6. The first-order valence-corrected chi connectivity index (χ1v) is 14.8. The van der Waals surface area contributed by atoms with Crippen LogP contribution in [0.2, 0.25) is 5.02 Å². The molecular weight excluding hydrogens is 500 g/mol. The Morgan fingerprint density at radius 1 is 1.08 bits per heavy atom. The molecule has 3 fully saturated rings. The Morgan fingerprint density at radius 2 is 1.84 bits per heavy atom. The second-order valence-corrected chi connectivity index (χ2v) is 12.0. The Balaban J connectivity index is 1.29. The number of hydrogen-bond acceptors (Lipinski definition) is 5. The Labute approximate surface area is 230 Å². The molecule has 0 spiro atoms. The number of hydrogen-bond donors (Lipinski definition) is 2. The van der Waals surface area contributed by atoms with E-state index in [2.05, 4.69) is 20.7 Å². The molecule has 0 unspecified atom stereocenters. The number of nitrogens with zero attached hydrogens (tertiary/aromatic N) is 4. The summed E-state index contributed by atoms with van der Waals surface area (Å²) in [6.07, 6.45) is 14.1. The second kappa shape index (κ2) is 12.6. The molecule has 2 saturated heterocycles. The van der Waals surface area contributed by atoms with Gasteiger partial charge in [0.25, 0.3) is 0 Å². The third-order valence-corrected chi connectivity index (χ3v) is 9.37. The number of carbonyl (C=O) groups excluding carboxylic acids is 2. The number of nitrogens with one attached hydrogen (secondary N) is 2. The molecule has 1 aliphatic carbocycles. The minimum atomic E-state index is -0.580. The van der Waals surface area contributed by atoms with Gasteiger partial charge >= 0.3 is 0 Å². The molecule has 1 aromatic carbocycles. The number of amides is 2. The molecule has 2 N–H and O–H groups in total. The Hall–Kier alpha value is -2.45. The van der Waals surface area contributed by atoms with Crippen LogP contribution in [0.25, 0.3) is 0 Å². The quantitative estimate of drug-likeness (QED) is 0.530. The van der Waals surface area contributed by atoms with E-state index in [9.17, 15) is 9.59 Å². The summed E-state index contributed by atoms with van der Waals surface area (Å²) >= 11 is 6.10. The lowest BCUT2D eigenvalue weighted by Gasteiger charge is -2.48. The number of likely N-dealkylation sites (tertiary alicyclic amines) is 1. The van der Waals surface area contributed by atoms with Crippen LogP contribution in [0.5, 0.6) is 0 Å². The topological polar surface area (TPSA) is 92.2 Å². The van der Waals surface area contributed by atoms with Crippen molar-refractivity contribution in [2.45, 2.75) is 76.8 Å². The lowest BCUT2D eigenvalue weighted by Crippen LogP contribution is -2.56. The molecule has 2 atom stereocenters. The van der Waals surface area contributed by atoms with E-state index in [1.807, 2.05) is 40.2 Å². The van der Waals surface area contributed by atoms with Gasteiger partial charge in [-0.2, -0.15) is 5.10 Å². The summed E-state index contributed by atoms with van der Waals surface area (Å²) in [5, 5.41) is 11.5. The summed E-state index contributed by atoms with van der Waals surface area (Å²) < 4.78 is 1.98. The van der Waals surface area contributed by atoms with Crippen LogP contribution in [0, 0.1) is 17.3 Å². The van der Waals surface area contributed by atoms with Gasteiger partial charge in [0.1, 0.15) is 18.7 Å². The summed E-state index contributed by atoms with van der Waals surface area (Å²) in [6, 6.07) is 6.99. The molecule has 2 aromatic rings. The number of halogens is 1. The molecule has 2 aliphatic heterocycles. The van der Waals surface area contributed by atoms with Gasteiger partial charge in [-0.1, -0.05) is 43.0 Å². The minimum Gasteiger partial charge on any atom is -0.344 e. The van der Waals surface area contributed by atoms with Crippen molar-refractivity contribution >= 4 is 23.4 Å². The third kappa shape index (κ3) is 6.57. The summed E-state index contributed by atoms with van der Waals surface area (Å²) in [4.78, 5) is 33.3. The monoisotopic (exact) mass is 540 g/mol. The molecule has 1 aromatic heterocycles. The van der Waals surface area contributed by atoms with Gasteiger partial charge in [-0.25, -0.2) is 4.98 Å². The Kier molecular flexibility index (Phi) is 9.00. The molecule has 38 heavy (non-hydrogen) atoms. The molecule has 5 rings (SSSR count). The lowest BCUT2D eigenvalue weighted by atomic mass is 9.63. The van der Waals surface area contributed by atoms with E-state index in [1.54, 1.807) is 6.33 Å². The molecule has 2 amide bonds. The highest BCUT2D eigenvalue weighted by Gasteiger charge is 2.44. The number of aromatic nitrogens is 3. The molecule has 9 heteroatoms. The standard InChI is InChI=1S/C29H41ClN6O2/c30-25-10-8-22(9-11-25)17-26(34-27(37)23-5-4-14-31-18-23)28(38)35-15-12-29(13-16-35,19-36-21-32-20-33-36)24-6-2-1-3-7-24/h8-11,20-21,23-24,26,31H,1-7,12-19H2,(H,34,37)/t23-,26-/m1/s1. The van der Waals surface area contributed by atoms with Crippen molar-refractivity contribution in [3.8, 4) is 0 Å². The molecule has 3 aliphatic rings. The highest BCUT2D eigenvalue weighted by Crippen LogP contribution is 2.47. The van der Waals surface area contributed by atoms with Gasteiger partial charge in [-0.3, -0.25) is 14.3 Å². The van der Waals surface area contributed by atoms with Gasteiger partial charge in [0, 0.05) is 37.6 Å². The van der Waals surface area contributed by atoms with Crippen LogP contribution in [-0.4, -0.2) is 63.7 Å². The van der Waals surface area contributed by atoms with Crippen molar-refractivity contribution in [3.05, 3.63) is 47.5 Å². The Bertz CT molecular complexity index is 1040. The van der Waals surface area contributed by atoms with Crippen molar-refractivity contribution in [2.24, 2.45) is 17.3 Å². The number of piperidine rings is 2. The van der Waals surface area contributed by atoms with Crippen LogP contribution in [0.3, 0.4) is 0 Å². The van der Waals surface area contributed by atoms with E-state index in [1.165, 1.54) is 32.1 Å². The van der Waals surface area contributed by atoms with Crippen LogP contribution in [0.1, 0.15) is 63.4 Å². The van der Waals surface area contributed by atoms with E-state index in [-0.39, 0.29) is 23.1 Å². The van der Waals surface area contributed by atoms with Crippen LogP contribution in [0.15, 0.2) is 36.9 Å². The normalized spacial score (nSPS) is 23.1. The first-order chi connectivity index (χ1) is 18.5. The van der Waals surface area contributed by atoms with Crippen molar-refractivity contribution in [1.82, 2.24) is 30.3 Å². The van der Waals surface area contributed by atoms with E-state index in [0.29, 0.717) is 37.0 Å². The maximum absolute atomic E-state index is 13.9. The number of carbonyl (C=O) groups is 2. The van der Waals surface area contributed by atoms with E-state index < -0.39 is 6.04 Å². The smallest absolute Gasteiger partial charge is 0.245 e. The first-order valence-electron chi connectivity index (χ1n) is 14.4. The average Bonchev–Trinajstić information content (AvgIpc) is 3.47. The van der Waals surface area contributed by atoms with Crippen LogP contribution >= 0.6 is 11.6 Å². The third-order valence-electron chi connectivity index (χ3n) is 9.12. The van der Waals surface area contributed by atoms with Crippen molar-refractivity contribution < 1.29 is 9.59 Å². The van der Waals surface area contributed by atoms with Gasteiger partial charge in [0.2, 0.25) is 11.8 Å². The number of rotatable bonds is 8. The summed E-state index contributed by atoms with van der Waals surface area (Å²) in [6.45, 7) is 3.90. The van der Waals surface area contributed by atoms with Crippen molar-refractivity contribution in [2.75, 3.05) is 26.2 Å². The fraction of sp³-hybridized carbons (Fsp3) is 0.655. The Morgan fingerprint density at radius 3 is 2.50 bits per heavy atom. The fourth-order valence-electron chi connectivity index (χ4n) is 6.86. The van der Waals surface area contributed by atoms with E-state index in [4.69, 9.17) is 11.6 Å². The predicted molar refractivity (Wildman–Crippen MR) is 148 cm³/mol. The van der Waals surface area contributed by atoms with Gasteiger partial charge in [0.15, 0.2) is 0 Å². The SMILES string of the molecule is O=C(N[C@H](Cc1ccc(Cl)cc1)C(=O)N1CCC(Cn2cncn2)(C2CCCCC2)CC1)[C@@H]1CCCNC1. The van der Waals surface area contributed by atoms with Gasteiger partial charge in [-0.05, 0) is 74.1 Å². The maximum Gasteiger partial charge on any atom is 0.245 e. The van der Waals surface area contributed by atoms with Gasteiger partial charge in [-0.15, -0.1) is 0 Å². The van der Waals surface area contributed by atoms with E-state index >= 15 is 0 Å². The zero-order valence-corrected chi connectivity index (χ0v) is 23.0. The molecule has 0 radical (unpaired) electrons. The maximum atomic E-state index is 13.9. The van der Waals surface area contributed by atoms with Crippen molar-refractivity contribution in [3.63, 3.8) is 0 Å².